The lowest BCUT2D eigenvalue weighted by molar-refractivity contribution is -0.134. The van der Waals surface area contributed by atoms with Crippen LogP contribution in [0.4, 0.5) is 18.4 Å². The standard InChI is InChI=1S/C40H49ClF2N8O6/c1-23(49(8)9)45-32(52)29-18-25(12-17-30(29)41)31(21-56-36(54)46-28-15-16-28)51-33(53)40(22-38(2,3)4,48-35(51)47-37(55)57-39(5,6)7)27-13-10-24(11-14-27)26-19-44-50(20-26)34(42)43/h10-14,17-20,28,31,34H,15-16,21-22H2,1-9H3,(H,46,54)(H,47,48,55)/b45-23+/t31-,40-/m1/s1. The second-order valence-electron chi connectivity index (χ2n) is 16.6. The molecule has 14 nitrogen and oxygen atoms in total. The van der Waals surface area contributed by atoms with Crippen LogP contribution in [0.2, 0.25) is 5.02 Å². The van der Waals surface area contributed by atoms with Crippen LogP contribution >= 0.6 is 11.6 Å². The molecular formula is C40H49ClF2N8O6. The van der Waals surface area contributed by atoms with E-state index in [1.54, 1.807) is 77.0 Å². The first-order valence-corrected chi connectivity index (χ1v) is 18.8. The van der Waals surface area contributed by atoms with Gasteiger partial charge in [-0.1, -0.05) is 62.7 Å². The van der Waals surface area contributed by atoms with Crippen molar-refractivity contribution in [1.29, 1.82) is 0 Å². The summed E-state index contributed by atoms with van der Waals surface area (Å²) in [7, 11) is 3.47. The van der Waals surface area contributed by atoms with Crippen LogP contribution in [0, 0.1) is 5.41 Å². The van der Waals surface area contributed by atoms with Gasteiger partial charge in [-0.25, -0.2) is 14.3 Å². The van der Waals surface area contributed by atoms with Crippen LogP contribution in [0.1, 0.15) is 102 Å². The summed E-state index contributed by atoms with van der Waals surface area (Å²) in [5.74, 6) is -0.974. The maximum atomic E-state index is 15.4. The Hall–Kier alpha value is -5.38. The Bertz CT molecular complexity index is 2070. The van der Waals surface area contributed by atoms with Gasteiger partial charge in [0.15, 0.2) is 0 Å². The van der Waals surface area contributed by atoms with E-state index in [1.807, 2.05) is 20.8 Å². The molecule has 2 heterocycles. The van der Waals surface area contributed by atoms with Crippen LogP contribution in [-0.2, 0) is 19.8 Å². The molecule has 0 radical (unpaired) electrons. The molecule has 306 valence electrons. The first kappa shape index (κ1) is 42.8. The Morgan fingerprint density at radius 1 is 1.07 bits per heavy atom. The topological polar surface area (TPSA) is 160 Å². The SMILES string of the molecule is C/C(=N\C(=O)c1cc([C@@H](COC(=O)NC2CC2)N2C(=O)[C@@](CC(C)(C)C)(c3ccc(-c4cnn(C(F)F)c4)cc3)N/C2=N\C(=O)OC(C)(C)C)ccc1Cl)N(C)C. The van der Waals surface area contributed by atoms with E-state index in [9.17, 15) is 23.2 Å². The van der Waals surface area contributed by atoms with Gasteiger partial charge in [0, 0.05) is 31.9 Å². The number of benzene rings is 2. The predicted octanol–water partition coefficient (Wildman–Crippen LogP) is 7.70. The molecular weight excluding hydrogens is 762 g/mol. The Kier molecular flexibility index (Phi) is 12.5. The minimum Gasteiger partial charge on any atom is -0.447 e. The summed E-state index contributed by atoms with van der Waals surface area (Å²) < 4.78 is 38.5. The van der Waals surface area contributed by atoms with Crippen molar-refractivity contribution in [3.05, 3.63) is 76.6 Å². The minimum absolute atomic E-state index is 0.0275. The van der Waals surface area contributed by atoms with Crippen molar-refractivity contribution in [2.24, 2.45) is 15.4 Å². The summed E-state index contributed by atoms with van der Waals surface area (Å²) in [5, 5.41) is 9.88. The maximum absolute atomic E-state index is 15.4. The third-order valence-corrected chi connectivity index (χ3v) is 9.47. The van der Waals surface area contributed by atoms with Gasteiger partial charge in [0.1, 0.15) is 23.6 Å². The first-order valence-electron chi connectivity index (χ1n) is 18.4. The molecule has 5 rings (SSSR count). The van der Waals surface area contributed by atoms with E-state index in [0.29, 0.717) is 32.8 Å². The average molecular weight is 811 g/mol. The number of alkyl carbamates (subject to hydrolysis) is 1. The number of halogens is 3. The third-order valence-electron chi connectivity index (χ3n) is 9.14. The second kappa shape index (κ2) is 16.6. The molecule has 1 saturated heterocycles. The van der Waals surface area contributed by atoms with Crippen molar-refractivity contribution in [3.8, 4) is 11.1 Å². The lowest BCUT2D eigenvalue weighted by Crippen LogP contribution is -2.47. The van der Waals surface area contributed by atoms with Gasteiger partial charge in [-0.05, 0) is 81.2 Å². The molecule has 2 atom stereocenters. The summed E-state index contributed by atoms with van der Waals surface area (Å²) >= 11 is 6.55. The molecule has 1 saturated carbocycles. The normalized spacial score (nSPS) is 18.8. The molecule has 17 heteroatoms. The number of amides is 4. The highest BCUT2D eigenvalue weighted by atomic mass is 35.5. The Morgan fingerprint density at radius 2 is 1.74 bits per heavy atom. The number of amidine groups is 1. The van der Waals surface area contributed by atoms with E-state index < -0.39 is 59.8 Å². The van der Waals surface area contributed by atoms with E-state index in [2.05, 4.69) is 25.7 Å². The van der Waals surface area contributed by atoms with E-state index in [-0.39, 0.29) is 29.0 Å². The lowest BCUT2D eigenvalue weighted by atomic mass is 9.75. The number of nitrogens with zero attached hydrogens (tertiary/aromatic N) is 6. The van der Waals surface area contributed by atoms with Crippen molar-refractivity contribution in [2.45, 2.75) is 97.5 Å². The molecule has 1 aromatic heterocycles. The third kappa shape index (κ3) is 10.5. The number of nitrogens with one attached hydrogen (secondary N) is 2. The van der Waals surface area contributed by atoms with Crippen LogP contribution < -0.4 is 10.6 Å². The minimum atomic E-state index is -2.82. The Labute approximate surface area is 335 Å². The number of guanidine groups is 1. The van der Waals surface area contributed by atoms with Gasteiger partial charge in [0.2, 0.25) is 5.96 Å². The molecule has 1 aliphatic heterocycles. The predicted molar refractivity (Wildman–Crippen MR) is 211 cm³/mol. The fraction of sp³-hybridized carbons (Fsp3) is 0.475. The molecule has 0 bridgehead atoms. The second-order valence-corrected chi connectivity index (χ2v) is 17.0. The molecule has 57 heavy (non-hydrogen) atoms. The molecule has 2 aromatic carbocycles. The molecule has 4 amide bonds. The lowest BCUT2D eigenvalue weighted by Gasteiger charge is -2.35. The summed E-state index contributed by atoms with van der Waals surface area (Å²) in [6.45, 7) is 9.28. The average Bonchev–Trinajstić information content (AvgIpc) is 3.69. The maximum Gasteiger partial charge on any atom is 0.437 e. The summed E-state index contributed by atoms with van der Waals surface area (Å²) in [6, 6.07) is 10.1. The molecule has 1 aliphatic carbocycles. The molecule has 0 spiro atoms. The Balaban J connectivity index is 1.68. The zero-order chi connectivity index (χ0) is 42.0. The van der Waals surface area contributed by atoms with Crippen LogP contribution in [0.25, 0.3) is 11.1 Å². The van der Waals surface area contributed by atoms with Crippen LogP contribution in [0.15, 0.2) is 64.8 Å². The summed E-state index contributed by atoms with van der Waals surface area (Å²) in [5.41, 5.74) is -1.21. The smallest absolute Gasteiger partial charge is 0.437 e. The number of alkyl halides is 2. The molecule has 2 N–H and O–H groups in total. The van der Waals surface area contributed by atoms with E-state index >= 15 is 4.79 Å². The van der Waals surface area contributed by atoms with Gasteiger partial charge in [-0.3, -0.25) is 14.5 Å². The van der Waals surface area contributed by atoms with E-state index in [4.69, 9.17) is 21.1 Å². The van der Waals surface area contributed by atoms with Crippen molar-refractivity contribution in [2.75, 3.05) is 20.7 Å². The van der Waals surface area contributed by atoms with E-state index in [0.717, 1.165) is 12.8 Å². The number of aliphatic imine (C=N–C) groups is 2. The van der Waals surface area contributed by atoms with Gasteiger partial charge < -0.3 is 25.0 Å². The number of rotatable bonds is 10. The van der Waals surface area contributed by atoms with E-state index in [1.165, 1.54) is 29.4 Å². The van der Waals surface area contributed by atoms with Crippen LogP contribution in [0.5, 0.6) is 0 Å². The largest absolute Gasteiger partial charge is 0.447 e. The van der Waals surface area contributed by atoms with Crippen molar-refractivity contribution >= 4 is 47.4 Å². The summed E-state index contributed by atoms with van der Waals surface area (Å²) in [4.78, 5) is 66.7. The highest BCUT2D eigenvalue weighted by Crippen LogP contribution is 2.43. The number of hydrogen-bond acceptors (Lipinski definition) is 7. The molecule has 2 aliphatic rings. The van der Waals surface area contributed by atoms with Gasteiger partial charge in [-0.2, -0.15) is 18.9 Å². The number of ether oxygens (including phenoxy) is 2. The molecule has 0 unspecified atom stereocenters. The van der Waals surface area contributed by atoms with Gasteiger partial charge >= 0.3 is 18.7 Å². The first-order chi connectivity index (χ1) is 26.6. The van der Waals surface area contributed by atoms with Crippen LogP contribution in [0.3, 0.4) is 0 Å². The number of carbonyl (C=O) groups excluding carboxylic acids is 4. The fourth-order valence-electron chi connectivity index (χ4n) is 6.23. The number of aromatic nitrogens is 2. The fourth-order valence-corrected chi connectivity index (χ4v) is 6.43. The van der Waals surface area contributed by atoms with Crippen LogP contribution in [-0.4, -0.2) is 87.7 Å². The van der Waals surface area contributed by atoms with Gasteiger partial charge in [0.25, 0.3) is 11.8 Å². The van der Waals surface area contributed by atoms with Gasteiger partial charge in [-0.15, -0.1) is 4.99 Å². The van der Waals surface area contributed by atoms with Gasteiger partial charge in [0.05, 0.1) is 22.8 Å². The highest BCUT2D eigenvalue weighted by Gasteiger charge is 2.55. The van der Waals surface area contributed by atoms with Crippen molar-refractivity contribution in [3.63, 3.8) is 0 Å². The highest BCUT2D eigenvalue weighted by molar-refractivity contribution is 6.34. The number of carbonyl (C=O) groups is 4. The molecule has 3 aromatic rings. The zero-order valence-electron chi connectivity index (χ0n) is 33.5. The zero-order valence-corrected chi connectivity index (χ0v) is 34.3. The summed E-state index contributed by atoms with van der Waals surface area (Å²) in [6.07, 6.45) is 2.61. The number of hydrogen-bond donors (Lipinski definition) is 2. The Morgan fingerprint density at radius 3 is 2.30 bits per heavy atom. The van der Waals surface area contributed by atoms with Crippen molar-refractivity contribution < 1.29 is 37.4 Å². The quantitative estimate of drug-likeness (QED) is 0.155. The molecule has 2 fully saturated rings. The monoisotopic (exact) mass is 810 g/mol. The van der Waals surface area contributed by atoms with Crippen molar-refractivity contribution in [1.82, 2.24) is 30.2 Å².